The van der Waals surface area contributed by atoms with Gasteiger partial charge in [0.1, 0.15) is 0 Å². The van der Waals surface area contributed by atoms with E-state index in [-0.39, 0.29) is 0 Å². The zero-order valence-electron chi connectivity index (χ0n) is 11.8. The van der Waals surface area contributed by atoms with Crippen molar-refractivity contribution in [2.75, 3.05) is 5.73 Å². The maximum atomic E-state index is 6.12. The van der Waals surface area contributed by atoms with Crippen LogP contribution in [0.2, 0.25) is 0 Å². The zero-order valence-corrected chi connectivity index (χ0v) is 11.8. The van der Waals surface area contributed by atoms with E-state index in [4.69, 9.17) is 5.73 Å². The largest absolute Gasteiger partial charge is 0.369 e. The molecule has 1 aromatic heterocycles. The molecule has 1 aromatic carbocycles. The zero-order chi connectivity index (χ0) is 13.3. The fraction of sp³-hybridized carbons (Fsp3) is 0.533. The minimum absolute atomic E-state index is 0.395. The van der Waals surface area contributed by atoms with Crippen molar-refractivity contribution < 1.29 is 0 Å². The first kappa shape index (κ1) is 12.9. The standard InChI is InChI=1S/C15H23N3/c1-5-12(6-2)11(4)18-13-9-7-8-10(3)14(13)17-15(18)16/h7-9,11-12H,5-6H2,1-4H3,(H2,16,17). The summed E-state index contributed by atoms with van der Waals surface area (Å²) >= 11 is 0. The Morgan fingerprint density at radius 1 is 1.28 bits per heavy atom. The summed E-state index contributed by atoms with van der Waals surface area (Å²) in [5.74, 6) is 1.28. The maximum absolute atomic E-state index is 6.12. The number of hydrogen-bond acceptors (Lipinski definition) is 2. The lowest BCUT2D eigenvalue weighted by atomic mass is 9.95. The van der Waals surface area contributed by atoms with Gasteiger partial charge in [-0.05, 0) is 31.4 Å². The Kier molecular flexibility index (Phi) is 3.60. The first-order valence-corrected chi connectivity index (χ1v) is 6.83. The van der Waals surface area contributed by atoms with Crippen molar-refractivity contribution in [3.05, 3.63) is 23.8 Å². The molecule has 0 fully saturated rings. The van der Waals surface area contributed by atoms with Crippen LogP contribution in [0.25, 0.3) is 11.0 Å². The van der Waals surface area contributed by atoms with E-state index in [2.05, 4.69) is 55.4 Å². The van der Waals surface area contributed by atoms with Gasteiger partial charge in [0.2, 0.25) is 5.95 Å². The van der Waals surface area contributed by atoms with Gasteiger partial charge >= 0.3 is 0 Å². The summed E-state index contributed by atoms with van der Waals surface area (Å²) < 4.78 is 2.19. The first-order valence-electron chi connectivity index (χ1n) is 6.83. The van der Waals surface area contributed by atoms with Crippen LogP contribution < -0.4 is 5.73 Å². The van der Waals surface area contributed by atoms with Crippen molar-refractivity contribution in [1.29, 1.82) is 0 Å². The van der Waals surface area contributed by atoms with E-state index in [1.807, 2.05) is 0 Å². The second-order valence-electron chi connectivity index (χ2n) is 5.10. The van der Waals surface area contributed by atoms with Gasteiger partial charge in [-0.25, -0.2) is 4.98 Å². The van der Waals surface area contributed by atoms with Crippen molar-refractivity contribution >= 4 is 17.0 Å². The fourth-order valence-electron chi connectivity index (χ4n) is 2.88. The van der Waals surface area contributed by atoms with Crippen LogP contribution in [0.15, 0.2) is 18.2 Å². The van der Waals surface area contributed by atoms with Crippen molar-refractivity contribution in [2.24, 2.45) is 5.92 Å². The van der Waals surface area contributed by atoms with Crippen LogP contribution in [0.1, 0.15) is 45.2 Å². The maximum Gasteiger partial charge on any atom is 0.201 e. The topological polar surface area (TPSA) is 43.8 Å². The smallest absolute Gasteiger partial charge is 0.201 e. The minimum atomic E-state index is 0.395. The number of aromatic nitrogens is 2. The van der Waals surface area contributed by atoms with Gasteiger partial charge in [0.15, 0.2) is 0 Å². The van der Waals surface area contributed by atoms with Gasteiger partial charge < -0.3 is 10.3 Å². The number of fused-ring (bicyclic) bond motifs is 1. The third kappa shape index (κ3) is 1.98. The van der Waals surface area contributed by atoms with Gasteiger partial charge in [0.25, 0.3) is 0 Å². The summed E-state index contributed by atoms with van der Waals surface area (Å²) in [5.41, 5.74) is 9.51. The van der Waals surface area contributed by atoms with Crippen molar-refractivity contribution in [3.8, 4) is 0 Å². The Hall–Kier alpha value is -1.51. The Morgan fingerprint density at radius 3 is 2.56 bits per heavy atom. The molecule has 18 heavy (non-hydrogen) atoms. The predicted molar refractivity (Wildman–Crippen MR) is 77.7 cm³/mol. The molecule has 0 spiro atoms. The Balaban J connectivity index is 2.57. The van der Waals surface area contributed by atoms with E-state index >= 15 is 0 Å². The number of hydrogen-bond donors (Lipinski definition) is 1. The third-order valence-corrected chi connectivity index (χ3v) is 4.09. The highest BCUT2D eigenvalue weighted by molar-refractivity contribution is 5.81. The highest BCUT2D eigenvalue weighted by Gasteiger charge is 2.20. The molecule has 2 N–H and O–H groups in total. The lowest BCUT2D eigenvalue weighted by Crippen LogP contribution is -2.17. The van der Waals surface area contributed by atoms with Crippen LogP contribution in [0.3, 0.4) is 0 Å². The molecule has 2 rings (SSSR count). The molecule has 0 radical (unpaired) electrons. The molecule has 0 bridgehead atoms. The number of nitrogens with zero attached hydrogens (tertiary/aromatic N) is 2. The normalized spacial score (nSPS) is 13.4. The highest BCUT2D eigenvalue weighted by Crippen LogP contribution is 2.31. The lowest BCUT2D eigenvalue weighted by molar-refractivity contribution is 0.342. The Labute approximate surface area is 109 Å². The third-order valence-electron chi connectivity index (χ3n) is 4.09. The van der Waals surface area contributed by atoms with Crippen LogP contribution in [-0.4, -0.2) is 9.55 Å². The Morgan fingerprint density at radius 2 is 1.94 bits per heavy atom. The number of nitrogen functional groups attached to an aromatic ring is 1. The number of para-hydroxylation sites is 1. The predicted octanol–water partition coefficient (Wildman–Crippen LogP) is 3.92. The van der Waals surface area contributed by atoms with E-state index in [0.29, 0.717) is 17.9 Å². The molecule has 0 aliphatic carbocycles. The second-order valence-corrected chi connectivity index (χ2v) is 5.10. The van der Waals surface area contributed by atoms with E-state index < -0.39 is 0 Å². The van der Waals surface area contributed by atoms with E-state index in [1.54, 1.807) is 0 Å². The molecular weight excluding hydrogens is 222 g/mol. The number of rotatable bonds is 4. The molecule has 1 atom stereocenters. The van der Waals surface area contributed by atoms with Gasteiger partial charge in [-0.15, -0.1) is 0 Å². The molecule has 0 aliphatic rings. The van der Waals surface area contributed by atoms with Gasteiger partial charge in [0.05, 0.1) is 11.0 Å². The molecule has 0 saturated carbocycles. The highest BCUT2D eigenvalue weighted by atomic mass is 15.2. The van der Waals surface area contributed by atoms with Crippen molar-refractivity contribution in [1.82, 2.24) is 9.55 Å². The number of benzene rings is 1. The number of imidazole rings is 1. The summed E-state index contributed by atoms with van der Waals surface area (Å²) in [4.78, 5) is 4.53. The molecule has 2 aromatic rings. The molecule has 1 heterocycles. The van der Waals surface area contributed by atoms with Gasteiger partial charge in [-0.2, -0.15) is 0 Å². The van der Waals surface area contributed by atoms with Crippen LogP contribution in [-0.2, 0) is 0 Å². The fourth-order valence-corrected chi connectivity index (χ4v) is 2.88. The molecule has 0 aliphatic heterocycles. The van der Waals surface area contributed by atoms with Crippen molar-refractivity contribution in [2.45, 2.75) is 46.6 Å². The van der Waals surface area contributed by atoms with Crippen LogP contribution >= 0.6 is 0 Å². The number of anilines is 1. The van der Waals surface area contributed by atoms with Crippen LogP contribution in [0.4, 0.5) is 5.95 Å². The van der Waals surface area contributed by atoms with E-state index in [9.17, 15) is 0 Å². The number of aryl methyl sites for hydroxylation is 1. The van der Waals surface area contributed by atoms with Crippen molar-refractivity contribution in [3.63, 3.8) is 0 Å². The number of nitrogens with two attached hydrogens (primary N) is 1. The molecule has 0 saturated heterocycles. The summed E-state index contributed by atoms with van der Waals surface area (Å²) in [5, 5.41) is 0. The summed E-state index contributed by atoms with van der Waals surface area (Å²) in [6, 6.07) is 6.67. The quantitative estimate of drug-likeness (QED) is 0.887. The van der Waals surface area contributed by atoms with Gasteiger partial charge in [-0.3, -0.25) is 0 Å². The molecule has 98 valence electrons. The molecule has 0 amide bonds. The van der Waals surface area contributed by atoms with E-state index in [1.165, 1.54) is 18.4 Å². The monoisotopic (exact) mass is 245 g/mol. The minimum Gasteiger partial charge on any atom is -0.369 e. The SMILES string of the molecule is CCC(CC)C(C)n1c(N)nc2c(C)cccc21. The molecular formula is C15H23N3. The average molecular weight is 245 g/mol. The average Bonchev–Trinajstić information content (AvgIpc) is 2.68. The first-order chi connectivity index (χ1) is 8.60. The van der Waals surface area contributed by atoms with Crippen LogP contribution in [0.5, 0.6) is 0 Å². The lowest BCUT2D eigenvalue weighted by Gasteiger charge is -2.24. The van der Waals surface area contributed by atoms with Gasteiger partial charge in [-0.1, -0.05) is 38.8 Å². The second kappa shape index (κ2) is 5.01. The van der Waals surface area contributed by atoms with Crippen LogP contribution in [0, 0.1) is 12.8 Å². The molecule has 3 nitrogen and oxygen atoms in total. The summed E-state index contributed by atoms with van der Waals surface area (Å²) in [6.07, 6.45) is 2.34. The summed E-state index contributed by atoms with van der Waals surface area (Å²) in [6.45, 7) is 8.81. The van der Waals surface area contributed by atoms with E-state index in [0.717, 1.165) is 11.0 Å². The molecule has 1 unspecified atom stereocenters. The summed E-state index contributed by atoms with van der Waals surface area (Å²) in [7, 11) is 0. The molecule has 3 heteroatoms. The Bertz CT molecular complexity index is 538. The van der Waals surface area contributed by atoms with Gasteiger partial charge in [0, 0.05) is 6.04 Å².